The van der Waals surface area contributed by atoms with Gasteiger partial charge >= 0.3 is 0 Å². The lowest BCUT2D eigenvalue weighted by atomic mass is 9.71. The Hall–Kier alpha value is -1.85. The van der Waals surface area contributed by atoms with Crippen molar-refractivity contribution in [3.63, 3.8) is 0 Å². The highest BCUT2D eigenvalue weighted by Gasteiger charge is 2.46. The van der Waals surface area contributed by atoms with Crippen LogP contribution in [0.4, 0.5) is 0 Å². The maximum atomic E-state index is 5.50. The van der Waals surface area contributed by atoms with Gasteiger partial charge in [0.15, 0.2) is 0 Å². The van der Waals surface area contributed by atoms with Crippen molar-refractivity contribution in [2.75, 3.05) is 26.7 Å². The quantitative estimate of drug-likeness (QED) is 0.727. The Labute approximate surface area is 181 Å². The lowest BCUT2D eigenvalue weighted by Gasteiger charge is -2.57. The number of ether oxygens (including phenoxy) is 1. The minimum Gasteiger partial charge on any atom is -0.497 e. The van der Waals surface area contributed by atoms with Gasteiger partial charge in [-0.3, -0.25) is 14.5 Å². The molecule has 5 heteroatoms. The first-order chi connectivity index (χ1) is 14.7. The fraction of sp³-hybridized carbons (Fsp3) is 0.640. The van der Waals surface area contributed by atoms with Crippen LogP contribution < -0.4 is 4.74 Å². The van der Waals surface area contributed by atoms with Crippen molar-refractivity contribution < 1.29 is 4.74 Å². The summed E-state index contributed by atoms with van der Waals surface area (Å²) in [4.78, 5) is 5.61. The minimum atomic E-state index is 0.648. The van der Waals surface area contributed by atoms with Crippen LogP contribution in [0.2, 0.25) is 0 Å². The SMILES string of the molecule is CCn1ccc(CN2C[C@H]3C[C@@H](C2)[C@H](Cc2cccc(OC)c2)N2CCCC[C@@H]32)n1. The van der Waals surface area contributed by atoms with Crippen LogP contribution >= 0.6 is 0 Å². The second-order valence-corrected chi connectivity index (χ2v) is 9.54. The molecule has 3 aliphatic rings. The van der Waals surface area contributed by atoms with Gasteiger partial charge in [-0.2, -0.15) is 5.10 Å². The molecule has 3 saturated heterocycles. The van der Waals surface area contributed by atoms with Crippen molar-refractivity contribution >= 4 is 0 Å². The Balaban J connectivity index is 1.36. The second kappa shape index (κ2) is 8.72. The van der Waals surface area contributed by atoms with Gasteiger partial charge in [0.2, 0.25) is 0 Å². The molecule has 162 valence electrons. The zero-order valence-corrected chi connectivity index (χ0v) is 18.5. The maximum Gasteiger partial charge on any atom is 0.119 e. The first kappa shape index (κ1) is 20.1. The maximum absolute atomic E-state index is 5.50. The van der Waals surface area contributed by atoms with E-state index in [0.717, 1.165) is 43.1 Å². The number of aryl methyl sites for hydroxylation is 1. The molecule has 2 bridgehead atoms. The Morgan fingerprint density at radius 1 is 1.13 bits per heavy atom. The molecule has 0 spiro atoms. The molecule has 3 aliphatic heterocycles. The van der Waals surface area contributed by atoms with E-state index in [1.54, 1.807) is 7.11 Å². The van der Waals surface area contributed by atoms with Gasteiger partial charge < -0.3 is 4.74 Å². The second-order valence-electron chi connectivity index (χ2n) is 9.54. The highest BCUT2D eigenvalue weighted by Crippen LogP contribution is 2.42. The van der Waals surface area contributed by atoms with Crippen LogP contribution in [-0.2, 0) is 19.5 Å². The first-order valence-electron chi connectivity index (χ1n) is 11.9. The molecule has 3 fully saturated rings. The van der Waals surface area contributed by atoms with E-state index in [0.29, 0.717) is 6.04 Å². The van der Waals surface area contributed by atoms with Crippen molar-refractivity contribution in [3.05, 3.63) is 47.8 Å². The highest BCUT2D eigenvalue weighted by molar-refractivity contribution is 5.29. The van der Waals surface area contributed by atoms with E-state index in [4.69, 9.17) is 9.84 Å². The summed E-state index contributed by atoms with van der Waals surface area (Å²) in [6.07, 6.45) is 8.80. The topological polar surface area (TPSA) is 33.5 Å². The molecule has 4 heterocycles. The van der Waals surface area contributed by atoms with Crippen molar-refractivity contribution in [1.29, 1.82) is 0 Å². The molecule has 5 rings (SSSR count). The van der Waals surface area contributed by atoms with E-state index < -0.39 is 0 Å². The largest absolute Gasteiger partial charge is 0.497 e. The van der Waals surface area contributed by atoms with E-state index >= 15 is 0 Å². The zero-order chi connectivity index (χ0) is 20.5. The predicted octanol–water partition coefficient (Wildman–Crippen LogP) is 3.83. The Kier molecular flexibility index (Phi) is 5.83. The molecule has 1 aromatic heterocycles. The van der Waals surface area contributed by atoms with Gasteiger partial charge in [0, 0.05) is 44.5 Å². The monoisotopic (exact) mass is 408 g/mol. The van der Waals surface area contributed by atoms with Gasteiger partial charge in [-0.1, -0.05) is 18.6 Å². The van der Waals surface area contributed by atoms with Gasteiger partial charge in [0.25, 0.3) is 0 Å². The smallest absolute Gasteiger partial charge is 0.119 e. The van der Waals surface area contributed by atoms with Crippen molar-refractivity contribution in [2.24, 2.45) is 11.8 Å². The molecule has 1 aromatic carbocycles. The lowest BCUT2D eigenvalue weighted by molar-refractivity contribution is -0.0731. The number of likely N-dealkylation sites (tertiary alicyclic amines) is 1. The average molecular weight is 409 g/mol. The highest BCUT2D eigenvalue weighted by atomic mass is 16.5. The predicted molar refractivity (Wildman–Crippen MR) is 120 cm³/mol. The first-order valence-corrected chi connectivity index (χ1v) is 11.9. The normalized spacial score (nSPS) is 29.5. The number of hydrogen-bond donors (Lipinski definition) is 0. The molecule has 2 aromatic rings. The summed E-state index contributed by atoms with van der Waals surface area (Å²) in [5, 5.41) is 4.75. The lowest BCUT2D eigenvalue weighted by Crippen LogP contribution is -2.63. The van der Waals surface area contributed by atoms with Gasteiger partial charge in [0.1, 0.15) is 5.75 Å². The summed E-state index contributed by atoms with van der Waals surface area (Å²) in [6.45, 7) is 7.83. The fourth-order valence-corrected chi connectivity index (χ4v) is 6.35. The molecule has 0 unspecified atom stereocenters. The zero-order valence-electron chi connectivity index (χ0n) is 18.5. The van der Waals surface area contributed by atoms with Crippen LogP contribution in [0.3, 0.4) is 0 Å². The molecule has 0 radical (unpaired) electrons. The standard InChI is InChI=1S/C25H36N4O/c1-3-28-12-10-22(26-28)18-27-16-20-15-21(17-27)25(29-11-5-4-9-24(20)29)14-19-7-6-8-23(13-19)30-2/h6-8,10,12-13,20-21,24-25H,3-5,9,11,14-18H2,1-2H3/t20-,21+,24+,25+/m1/s1. The van der Waals surface area contributed by atoms with Gasteiger partial charge in [-0.15, -0.1) is 0 Å². The number of aromatic nitrogens is 2. The third-order valence-corrected chi connectivity index (χ3v) is 7.68. The van der Waals surface area contributed by atoms with E-state index in [2.05, 4.69) is 57.9 Å². The van der Waals surface area contributed by atoms with Crippen LogP contribution in [0.15, 0.2) is 36.5 Å². The van der Waals surface area contributed by atoms with Crippen molar-refractivity contribution in [1.82, 2.24) is 19.6 Å². The summed E-state index contributed by atoms with van der Waals surface area (Å²) in [5.41, 5.74) is 2.64. The molecule has 4 atom stereocenters. The summed E-state index contributed by atoms with van der Waals surface area (Å²) < 4.78 is 7.55. The number of fused-ring (bicyclic) bond motifs is 4. The van der Waals surface area contributed by atoms with Crippen LogP contribution in [0.5, 0.6) is 5.75 Å². The van der Waals surface area contributed by atoms with Crippen molar-refractivity contribution in [2.45, 2.75) is 64.2 Å². The number of hydrogen-bond acceptors (Lipinski definition) is 4. The van der Waals surface area contributed by atoms with Crippen molar-refractivity contribution in [3.8, 4) is 5.75 Å². The summed E-state index contributed by atoms with van der Waals surface area (Å²) in [7, 11) is 1.77. The minimum absolute atomic E-state index is 0.648. The Morgan fingerprint density at radius 2 is 2.03 bits per heavy atom. The molecule has 5 nitrogen and oxygen atoms in total. The fourth-order valence-electron chi connectivity index (χ4n) is 6.35. The van der Waals surface area contributed by atoms with Crippen LogP contribution in [-0.4, -0.2) is 58.4 Å². The average Bonchev–Trinajstić information content (AvgIpc) is 3.24. The van der Waals surface area contributed by atoms with E-state index in [1.165, 1.54) is 56.6 Å². The van der Waals surface area contributed by atoms with E-state index in [1.807, 2.05) is 0 Å². The number of nitrogens with zero attached hydrogens (tertiary/aromatic N) is 4. The number of methoxy groups -OCH3 is 1. The van der Waals surface area contributed by atoms with Crippen LogP contribution in [0.25, 0.3) is 0 Å². The van der Waals surface area contributed by atoms with E-state index in [9.17, 15) is 0 Å². The third kappa shape index (κ3) is 4.02. The molecule has 0 N–H and O–H groups in total. The van der Waals surface area contributed by atoms with Crippen LogP contribution in [0.1, 0.15) is 43.9 Å². The third-order valence-electron chi connectivity index (χ3n) is 7.68. The summed E-state index contributed by atoms with van der Waals surface area (Å²) in [6, 6.07) is 12.3. The van der Waals surface area contributed by atoms with Crippen LogP contribution in [0, 0.1) is 11.8 Å². The summed E-state index contributed by atoms with van der Waals surface area (Å²) >= 11 is 0. The molecule has 0 aliphatic carbocycles. The number of benzene rings is 1. The number of rotatable bonds is 6. The Morgan fingerprint density at radius 3 is 2.87 bits per heavy atom. The molecular weight excluding hydrogens is 372 g/mol. The molecule has 0 amide bonds. The molecular formula is C25H36N4O. The van der Waals surface area contributed by atoms with Gasteiger partial charge in [-0.05, 0) is 74.8 Å². The number of piperidine rings is 3. The summed E-state index contributed by atoms with van der Waals surface area (Å²) in [5.74, 6) is 2.55. The van der Waals surface area contributed by atoms with E-state index in [-0.39, 0.29) is 0 Å². The van der Waals surface area contributed by atoms with Gasteiger partial charge in [0.05, 0.1) is 12.8 Å². The Bertz CT molecular complexity index is 849. The van der Waals surface area contributed by atoms with Gasteiger partial charge in [-0.25, -0.2) is 0 Å². The molecule has 30 heavy (non-hydrogen) atoms. The molecule has 0 saturated carbocycles.